The highest BCUT2D eigenvalue weighted by Crippen LogP contribution is 2.10. The third-order valence-corrected chi connectivity index (χ3v) is 3.96. The van der Waals surface area contributed by atoms with Gasteiger partial charge in [-0.1, -0.05) is 24.3 Å². The van der Waals surface area contributed by atoms with Gasteiger partial charge in [-0.25, -0.2) is 23.2 Å². The van der Waals surface area contributed by atoms with E-state index in [0.717, 1.165) is 5.56 Å². The number of primary sulfonamides is 1. The van der Waals surface area contributed by atoms with E-state index in [9.17, 15) is 8.42 Å². The first-order chi connectivity index (χ1) is 11.5. The van der Waals surface area contributed by atoms with Crippen LogP contribution in [-0.4, -0.2) is 28.2 Å². The standard InChI is InChI=1S/C15H16N6O2S/c16-24(22,23)11-13-4-2-12(3-5-13)8-18-14-9-17-10-15(20-14)21-7-1-6-19-21/h1-7,9-10H,8,11H2,(H,18,20)(H2,16,22,23). The Morgan fingerprint density at radius 1 is 1.12 bits per heavy atom. The van der Waals surface area contributed by atoms with Crippen molar-refractivity contribution in [3.8, 4) is 5.82 Å². The predicted octanol–water partition coefficient (Wildman–Crippen LogP) is 1.06. The molecule has 0 saturated heterocycles. The Hall–Kier alpha value is -2.78. The summed E-state index contributed by atoms with van der Waals surface area (Å²) in [6.45, 7) is 0.535. The molecule has 0 aliphatic carbocycles. The molecule has 1 aromatic carbocycles. The summed E-state index contributed by atoms with van der Waals surface area (Å²) in [6, 6.07) is 8.99. The number of anilines is 1. The lowest BCUT2D eigenvalue weighted by atomic mass is 10.1. The number of hydrogen-bond acceptors (Lipinski definition) is 6. The quantitative estimate of drug-likeness (QED) is 0.691. The van der Waals surface area contributed by atoms with E-state index in [4.69, 9.17) is 5.14 Å². The number of nitrogens with two attached hydrogens (primary N) is 1. The van der Waals surface area contributed by atoms with Crippen LogP contribution in [0.5, 0.6) is 0 Å². The van der Waals surface area contributed by atoms with Gasteiger partial charge in [0.2, 0.25) is 10.0 Å². The maximum absolute atomic E-state index is 11.1. The molecule has 124 valence electrons. The summed E-state index contributed by atoms with van der Waals surface area (Å²) in [5, 5.41) is 12.3. The van der Waals surface area contributed by atoms with E-state index in [0.29, 0.717) is 23.7 Å². The molecule has 3 rings (SSSR count). The van der Waals surface area contributed by atoms with Crippen molar-refractivity contribution >= 4 is 15.8 Å². The van der Waals surface area contributed by atoms with E-state index in [2.05, 4.69) is 20.4 Å². The zero-order valence-electron chi connectivity index (χ0n) is 12.7. The Bertz CT molecular complexity index is 907. The van der Waals surface area contributed by atoms with Crippen LogP contribution in [0.2, 0.25) is 0 Å². The molecule has 24 heavy (non-hydrogen) atoms. The van der Waals surface area contributed by atoms with Crippen molar-refractivity contribution in [1.82, 2.24) is 19.7 Å². The molecule has 3 aromatic rings. The number of rotatable bonds is 6. The number of sulfonamides is 1. The lowest BCUT2D eigenvalue weighted by Crippen LogP contribution is -2.14. The summed E-state index contributed by atoms with van der Waals surface area (Å²) in [7, 11) is -3.51. The van der Waals surface area contributed by atoms with Gasteiger partial charge in [0.05, 0.1) is 18.1 Å². The maximum atomic E-state index is 11.1. The third kappa shape index (κ3) is 4.37. The molecule has 0 amide bonds. The molecule has 3 N–H and O–H groups in total. The molecule has 0 atom stereocenters. The fourth-order valence-corrected chi connectivity index (χ4v) is 2.79. The van der Waals surface area contributed by atoms with Crippen molar-refractivity contribution in [1.29, 1.82) is 0 Å². The average Bonchev–Trinajstić information content (AvgIpc) is 3.08. The fourth-order valence-electron chi connectivity index (χ4n) is 2.13. The minimum Gasteiger partial charge on any atom is -0.365 e. The van der Waals surface area contributed by atoms with Crippen LogP contribution in [0.25, 0.3) is 5.82 Å². The number of nitrogens with zero attached hydrogens (tertiary/aromatic N) is 4. The van der Waals surface area contributed by atoms with E-state index < -0.39 is 10.0 Å². The molecular formula is C15H16N6O2S. The largest absolute Gasteiger partial charge is 0.365 e. The van der Waals surface area contributed by atoms with Crippen LogP contribution in [-0.2, 0) is 22.3 Å². The zero-order valence-corrected chi connectivity index (χ0v) is 13.5. The van der Waals surface area contributed by atoms with Crippen LogP contribution < -0.4 is 10.5 Å². The molecule has 2 heterocycles. The van der Waals surface area contributed by atoms with E-state index in [1.807, 2.05) is 18.2 Å². The monoisotopic (exact) mass is 344 g/mol. The molecule has 0 bridgehead atoms. The summed E-state index contributed by atoms with van der Waals surface area (Å²) in [5.41, 5.74) is 1.64. The summed E-state index contributed by atoms with van der Waals surface area (Å²) in [6.07, 6.45) is 6.71. The van der Waals surface area contributed by atoms with Crippen LogP contribution in [0, 0.1) is 0 Å². The topological polar surface area (TPSA) is 116 Å². The number of aromatic nitrogens is 4. The molecule has 0 spiro atoms. The number of benzene rings is 1. The number of hydrogen-bond donors (Lipinski definition) is 2. The van der Waals surface area contributed by atoms with Gasteiger partial charge in [0, 0.05) is 18.9 Å². The van der Waals surface area contributed by atoms with Gasteiger partial charge in [0.1, 0.15) is 5.82 Å². The molecular weight excluding hydrogens is 328 g/mol. The lowest BCUT2D eigenvalue weighted by Gasteiger charge is -2.08. The first-order valence-electron chi connectivity index (χ1n) is 7.14. The Labute approximate surface area is 139 Å². The van der Waals surface area contributed by atoms with Gasteiger partial charge in [-0.3, -0.25) is 4.98 Å². The summed E-state index contributed by atoms with van der Waals surface area (Å²) < 4.78 is 23.8. The highest BCUT2D eigenvalue weighted by Gasteiger charge is 2.05. The lowest BCUT2D eigenvalue weighted by molar-refractivity contribution is 0.597. The molecule has 0 aliphatic heterocycles. The van der Waals surface area contributed by atoms with Crippen LogP contribution in [0.4, 0.5) is 5.82 Å². The first kappa shape index (κ1) is 16.1. The van der Waals surface area contributed by atoms with Crippen molar-refractivity contribution in [3.05, 3.63) is 66.2 Å². The molecule has 9 heteroatoms. The Morgan fingerprint density at radius 3 is 2.54 bits per heavy atom. The van der Waals surface area contributed by atoms with Gasteiger partial charge in [0.25, 0.3) is 0 Å². The zero-order chi connectivity index (χ0) is 17.0. The van der Waals surface area contributed by atoms with Crippen molar-refractivity contribution in [2.24, 2.45) is 5.14 Å². The van der Waals surface area contributed by atoms with Crippen LogP contribution in [0.1, 0.15) is 11.1 Å². The molecule has 8 nitrogen and oxygen atoms in total. The third-order valence-electron chi connectivity index (χ3n) is 3.23. The first-order valence-corrected chi connectivity index (χ1v) is 8.85. The van der Waals surface area contributed by atoms with Crippen LogP contribution >= 0.6 is 0 Å². The Morgan fingerprint density at radius 2 is 1.88 bits per heavy atom. The highest BCUT2D eigenvalue weighted by atomic mass is 32.2. The summed E-state index contributed by atoms with van der Waals surface area (Å²) in [4.78, 5) is 8.57. The normalized spacial score (nSPS) is 11.4. The fraction of sp³-hybridized carbons (Fsp3) is 0.133. The minimum atomic E-state index is -3.51. The van der Waals surface area contributed by atoms with Crippen molar-refractivity contribution in [2.75, 3.05) is 5.32 Å². The molecule has 2 aromatic heterocycles. The maximum Gasteiger partial charge on any atom is 0.213 e. The van der Waals surface area contributed by atoms with Gasteiger partial charge >= 0.3 is 0 Å². The van der Waals surface area contributed by atoms with E-state index in [1.165, 1.54) is 0 Å². The van der Waals surface area contributed by atoms with Crippen molar-refractivity contribution in [2.45, 2.75) is 12.3 Å². The van der Waals surface area contributed by atoms with Gasteiger partial charge < -0.3 is 5.32 Å². The SMILES string of the molecule is NS(=O)(=O)Cc1ccc(CNc2cncc(-n3cccn3)n2)cc1. The van der Waals surface area contributed by atoms with Gasteiger partial charge in [0.15, 0.2) is 5.82 Å². The summed E-state index contributed by atoms with van der Waals surface area (Å²) in [5.74, 6) is 1.07. The molecule has 0 radical (unpaired) electrons. The summed E-state index contributed by atoms with van der Waals surface area (Å²) >= 11 is 0. The van der Waals surface area contributed by atoms with Gasteiger partial charge in [-0.05, 0) is 17.2 Å². The average molecular weight is 344 g/mol. The molecule has 0 saturated carbocycles. The Kier molecular flexibility index (Phi) is 4.54. The van der Waals surface area contributed by atoms with Gasteiger partial charge in [-0.2, -0.15) is 5.10 Å². The number of nitrogens with one attached hydrogen (secondary N) is 1. The van der Waals surface area contributed by atoms with E-state index in [-0.39, 0.29) is 5.75 Å². The molecule has 0 fully saturated rings. The molecule has 0 aliphatic rings. The van der Waals surface area contributed by atoms with Gasteiger partial charge in [-0.15, -0.1) is 0 Å². The molecule has 0 unspecified atom stereocenters. The van der Waals surface area contributed by atoms with Crippen molar-refractivity contribution < 1.29 is 8.42 Å². The van der Waals surface area contributed by atoms with Crippen molar-refractivity contribution in [3.63, 3.8) is 0 Å². The second-order valence-electron chi connectivity index (χ2n) is 5.19. The predicted molar refractivity (Wildman–Crippen MR) is 89.7 cm³/mol. The van der Waals surface area contributed by atoms with Crippen LogP contribution in [0.3, 0.4) is 0 Å². The minimum absolute atomic E-state index is 0.169. The Balaban J connectivity index is 1.65. The second kappa shape index (κ2) is 6.77. The van der Waals surface area contributed by atoms with E-state index >= 15 is 0 Å². The highest BCUT2D eigenvalue weighted by molar-refractivity contribution is 7.88. The second-order valence-corrected chi connectivity index (χ2v) is 6.80. The van der Waals surface area contributed by atoms with E-state index in [1.54, 1.807) is 41.6 Å². The van der Waals surface area contributed by atoms with Crippen LogP contribution in [0.15, 0.2) is 55.1 Å². The smallest absolute Gasteiger partial charge is 0.213 e.